The molecule has 4 nitrogen and oxygen atoms in total. The third kappa shape index (κ3) is 5.01. The smallest absolute Gasteiger partial charge is 0.223 e. The summed E-state index contributed by atoms with van der Waals surface area (Å²) in [4.78, 5) is 24.4. The van der Waals surface area contributed by atoms with Crippen LogP contribution in [0.3, 0.4) is 0 Å². The minimum atomic E-state index is -0.173. The van der Waals surface area contributed by atoms with Crippen molar-refractivity contribution in [1.29, 1.82) is 0 Å². The van der Waals surface area contributed by atoms with Gasteiger partial charge in [0.15, 0.2) is 0 Å². The van der Waals surface area contributed by atoms with Gasteiger partial charge in [0.1, 0.15) is 0 Å². The van der Waals surface area contributed by atoms with Gasteiger partial charge in [0.2, 0.25) is 11.8 Å². The predicted octanol–water partition coefficient (Wildman–Crippen LogP) is 2.77. The summed E-state index contributed by atoms with van der Waals surface area (Å²) < 4.78 is 0. The van der Waals surface area contributed by atoms with Crippen LogP contribution in [0.15, 0.2) is 0 Å². The summed E-state index contributed by atoms with van der Waals surface area (Å²) in [6.07, 6.45) is 8.12. The van der Waals surface area contributed by atoms with Gasteiger partial charge in [-0.3, -0.25) is 9.59 Å². The van der Waals surface area contributed by atoms with E-state index in [9.17, 15) is 9.59 Å². The van der Waals surface area contributed by atoms with Crippen molar-refractivity contribution in [3.05, 3.63) is 0 Å². The van der Waals surface area contributed by atoms with E-state index in [1.807, 2.05) is 20.8 Å². The zero-order chi connectivity index (χ0) is 15.5. The van der Waals surface area contributed by atoms with Crippen molar-refractivity contribution in [2.45, 2.75) is 83.7 Å². The van der Waals surface area contributed by atoms with Crippen molar-refractivity contribution in [3.63, 3.8) is 0 Å². The van der Waals surface area contributed by atoms with Crippen LogP contribution in [0.4, 0.5) is 0 Å². The lowest BCUT2D eigenvalue weighted by molar-refractivity contribution is -0.131. The van der Waals surface area contributed by atoms with Crippen LogP contribution in [0.2, 0.25) is 0 Å². The Hall–Kier alpha value is -1.06. The first-order chi connectivity index (χ1) is 9.85. The van der Waals surface area contributed by atoms with Crippen molar-refractivity contribution < 1.29 is 9.59 Å². The molecule has 0 aliphatic heterocycles. The summed E-state index contributed by atoms with van der Waals surface area (Å²) >= 11 is 0. The van der Waals surface area contributed by atoms with Gasteiger partial charge in [-0.05, 0) is 59.3 Å². The Bertz CT molecular complexity index is 373. The van der Waals surface area contributed by atoms with Gasteiger partial charge in [-0.1, -0.05) is 12.8 Å². The first kappa shape index (κ1) is 16.3. The first-order valence-corrected chi connectivity index (χ1v) is 8.47. The fourth-order valence-corrected chi connectivity index (χ4v) is 3.48. The summed E-state index contributed by atoms with van der Waals surface area (Å²) in [5.41, 5.74) is -0.173. The fraction of sp³-hybridized carbons (Fsp3) is 0.882. The minimum absolute atomic E-state index is 0.0831. The molecule has 2 fully saturated rings. The standard InChI is InChI=1S/C17H30N2O2/c1-17(2,3)19-16(21)13-10-8-12(9-11-13)15(20)18-14-6-4-5-7-14/h12-14H,4-11H2,1-3H3,(H,18,20)(H,19,21). The van der Waals surface area contributed by atoms with Gasteiger partial charge in [-0.25, -0.2) is 0 Å². The van der Waals surface area contributed by atoms with Gasteiger partial charge in [-0.15, -0.1) is 0 Å². The number of carbonyl (C=O) groups is 2. The Balaban J connectivity index is 1.74. The monoisotopic (exact) mass is 294 g/mol. The molecular weight excluding hydrogens is 264 g/mol. The first-order valence-electron chi connectivity index (χ1n) is 8.47. The van der Waals surface area contributed by atoms with E-state index < -0.39 is 0 Å². The second kappa shape index (κ2) is 6.80. The average Bonchev–Trinajstić information content (AvgIpc) is 2.90. The summed E-state index contributed by atoms with van der Waals surface area (Å²) in [6.45, 7) is 6.02. The van der Waals surface area contributed by atoms with Crippen molar-refractivity contribution in [2.24, 2.45) is 11.8 Å². The summed E-state index contributed by atoms with van der Waals surface area (Å²) in [7, 11) is 0. The number of carbonyl (C=O) groups excluding carboxylic acids is 2. The normalized spacial score (nSPS) is 27.4. The van der Waals surface area contributed by atoms with E-state index in [1.54, 1.807) is 0 Å². The average molecular weight is 294 g/mol. The Labute approximate surface area is 128 Å². The number of hydrogen-bond donors (Lipinski definition) is 2. The maximum absolute atomic E-state index is 12.2. The van der Waals surface area contributed by atoms with Crippen LogP contribution in [-0.2, 0) is 9.59 Å². The second-order valence-corrected chi connectivity index (χ2v) is 7.78. The van der Waals surface area contributed by atoms with Crippen molar-refractivity contribution >= 4 is 11.8 Å². The summed E-state index contributed by atoms with van der Waals surface area (Å²) in [5, 5.41) is 6.24. The molecule has 0 heterocycles. The SMILES string of the molecule is CC(C)(C)NC(=O)C1CCC(C(=O)NC2CCCC2)CC1. The fourth-order valence-electron chi connectivity index (χ4n) is 3.48. The Morgan fingerprint density at radius 3 is 1.76 bits per heavy atom. The van der Waals surface area contributed by atoms with Gasteiger partial charge < -0.3 is 10.6 Å². The Morgan fingerprint density at radius 2 is 1.29 bits per heavy atom. The van der Waals surface area contributed by atoms with E-state index in [-0.39, 0.29) is 29.2 Å². The van der Waals surface area contributed by atoms with E-state index in [1.165, 1.54) is 12.8 Å². The molecular formula is C17H30N2O2. The lowest BCUT2D eigenvalue weighted by Crippen LogP contribution is -2.45. The molecule has 0 spiro atoms. The molecule has 2 aliphatic carbocycles. The molecule has 2 N–H and O–H groups in total. The molecule has 0 bridgehead atoms. The van der Waals surface area contributed by atoms with Crippen LogP contribution in [-0.4, -0.2) is 23.4 Å². The Morgan fingerprint density at radius 1 is 0.810 bits per heavy atom. The highest BCUT2D eigenvalue weighted by Gasteiger charge is 2.32. The number of rotatable bonds is 3. The molecule has 120 valence electrons. The molecule has 0 aromatic rings. The van der Waals surface area contributed by atoms with Crippen LogP contribution in [0.25, 0.3) is 0 Å². The van der Waals surface area contributed by atoms with Crippen molar-refractivity contribution in [3.8, 4) is 0 Å². The van der Waals surface area contributed by atoms with Gasteiger partial charge in [-0.2, -0.15) is 0 Å². The highest BCUT2D eigenvalue weighted by molar-refractivity contribution is 5.81. The van der Waals surface area contributed by atoms with E-state index in [0.29, 0.717) is 6.04 Å². The highest BCUT2D eigenvalue weighted by atomic mass is 16.2. The molecule has 0 atom stereocenters. The van der Waals surface area contributed by atoms with E-state index >= 15 is 0 Å². The molecule has 0 saturated heterocycles. The second-order valence-electron chi connectivity index (χ2n) is 7.78. The molecule has 0 unspecified atom stereocenters. The largest absolute Gasteiger partial charge is 0.353 e. The topological polar surface area (TPSA) is 58.2 Å². The molecule has 2 amide bonds. The zero-order valence-corrected chi connectivity index (χ0v) is 13.7. The quantitative estimate of drug-likeness (QED) is 0.841. The number of nitrogens with one attached hydrogen (secondary N) is 2. The number of hydrogen-bond acceptors (Lipinski definition) is 2. The molecule has 4 heteroatoms. The zero-order valence-electron chi connectivity index (χ0n) is 13.7. The van der Waals surface area contributed by atoms with E-state index in [4.69, 9.17) is 0 Å². The minimum Gasteiger partial charge on any atom is -0.353 e. The maximum atomic E-state index is 12.2. The molecule has 2 aliphatic rings. The Kier molecular flexibility index (Phi) is 5.28. The van der Waals surface area contributed by atoms with Gasteiger partial charge in [0, 0.05) is 23.4 Å². The third-order valence-corrected chi connectivity index (χ3v) is 4.67. The van der Waals surface area contributed by atoms with E-state index in [2.05, 4.69) is 10.6 Å². The molecule has 21 heavy (non-hydrogen) atoms. The third-order valence-electron chi connectivity index (χ3n) is 4.67. The van der Waals surface area contributed by atoms with E-state index in [0.717, 1.165) is 38.5 Å². The van der Waals surface area contributed by atoms with Gasteiger partial charge in [0.05, 0.1) is 0 Å². The molecule has 0 radical (unpaired) electrons. The highest BCUT2D eigenvalue weighted by Crippen LogP contribution is 2.30. The molecule has 2 saturated carbocycles. The lowest BCUT2D eigenvalue weighted by Gasteiger charge is -2.30. The van der Waals surface area contributed by atoms with Crippen LogP contribution < -0.4 is 10.6 Å². The van der Waals surface area contributed by atoms with Gasteiger partial charge in [0.25, 0.3) is 0 Å². The summed E-state index contributed by atoms with van der Waals surface area (Å²) in [6, 6.07) is 0.402. The molecule has 0 aromatic carbocycles. The summed E-state index contributed by atoms with van der Waals surface area (Å²) in [5.74, 6) is 0.567. The predicted molar refractivity (Wildman–Crippen MR) is 83.7 cm³/mol. The van der Waals surface area contributed by atoms with Crippen LogP contribution in [0.5, 0.6) is 0 Å². The maximum Gasteiger partial charge on any atom is 0.223 e. The van der Waals surface area contributed by atoms with Crippen molar-refractivity contribution in [2.75, 3.05) is 0 Å². The van der Waals surface area contributed by atoms with Crippen LogP contribution in [0, 0.1) is 11.8 Å². The molecule has 2 rings (SSSR count). The van der Waals surface area contributed by atoms with Crippen LogP contribution in [0.1, 0.15) is 72.1 Å². The van der Waals surface area contributed by atoms with Crippen molar-refractivity contribution in [1.82, 2.24) is 10.6 Å². The van der Waals surface area contributed by atoms with Crippen LogP contribution >= 0.6 is 0 Å². The lowest BCUT2D eigenvalue weighted by atomic mass is 9.80. The van der Waals surface area contributed by atoms with Gasteiger partial charge >= 0.3 is 0 Å². The number of amides is 2. The molecule has 0 aromatic heterocycles.